The van der Waals surface area contributed by atoms with E-state index in [0.29, 0.717) is 18.6 Å². The minimum absolute atomic E-state index is 0.118. The Hall–Kier alpha value is -2.35. The largest absolute Gasteiger partial charge is 0.466 e. The van der Waals surface area contributed by atoms with Gasteiger partial charge in [0, 0.05) is 12.5 Å². The number of fused-ring (bicyclic) bond motifs is 3. The summed E-state index contributed by atoms with van der Waals surface area (Å²) < 4.78 is 7.15. The van der Waals surface area contributed by atoms with Crippen molar-refractivity contribution in [2.75, 3.05) is 6.61 Å². The normalized spacial score (nSPS) is 16.9. The van der Waals surface area contributed by atoms with Crippen molar-refractivity contribution in [3.05, 3.63) is 29.6 Å². The molecule has 2 heterocycles. The second-order valence-electron chi connectivity index (χ2n) is 4.93. The Morgan fingerprint density at radius 1 is 1.60 bits per heavy atom. The number of imidazole rings is 1. The monoisotopic (exact) mass is 269 g/mol. The van der Waals surface area contributed by atoms with Crippen molar-refractivity contribution in [2.24, 2.45) is 0 Å². The average Bonchev–Trinajstić information content (AvgIpc) is 2.98. The summed E-state index contributed by atoms with van der Waals surface area (Å²) in [6, 6.07) is 7.64. The zero-order valence-electron chi connectivity index (χ0n) is 11.3. The van der Waals surface area contributed by atoms with Gasteiger partial charge in [0.05, 0.1) is 35.7 Å². The average molecular weight is 269 g/mol. The first kappa shape index (κ1) is 12.7. The van der Waals surface area contributed by atoms with Crippen LogP contribution in [0.3, 0.4) is 0 Å². The maximum absolute atomic E-state index is 11.6. The van der Waals surface area contributed by atoms with Gasteiger partial charge in [-0.25, -0.2) is 4.98 Å². The van der Waals surface area contributed by atoms with Crippen molar-refractivity contribution in [1.29, 1.82) is 5.26 Å². The number of carbonyl (C=O) groups is 1. The van der Waals surface area contributed by atoms with Crippen LogP contribution in [0.15, 0.2) is 18.2 Å². The summed E-state index contributed by atoms with van der Waals surface area (Å²) in [6.07, 6.45) is 1.29. The number of carbonyl (C=O) groups excluding carboxylic acids is 1. The first-order valence-electron chi connectivity index (χ1n) is 6.79. The highest BCUT2D eigenvalue weighted by Crippen LogP contribution is 2.34. The van der Waals surface area contributed by atoms with E-state index >= 15 is 0 Å². The quantitative estimate of drug-likeness (QED) is 0.802. The molecule has 5 heteroatoms. The molecule has 1 aromatic carbocycles. The van der Waals surface area contributed by atoms with Gasteiger partial charge in [0.25, 0.3) is 0 Å². The smallest absolute Gasteiger partial charge is 0.306 e. The molecule has 20 heavy (non-hydrogen) atoms. The molecule has 1 aromatic heterocycles. The molecule has 0 aliphatic carbocycles. The second-order valence-corrected chi connectivity index (χ2v) is 4.93. The third-order valence-electron chi connectivity index (χ3n) is 3.69. The van der Waals surface area contributed by atoms with E-state index in [9.17, 15) is 4.79 Å². The lowest BCUT2D eigenvalue weighted by atomic mass is 10.0. The van der Waals surface area contributed by atoms with Gasteiger partial charge in [-0.3, -0.25) is 4.79 Å². The van der Waals surface area contributed by atoms with Crippen LogP contribution in [0.1, 0.15) is 37.1 Å². The molecule has 3 rings (SSSR count). The first-order valence-corrected chi connectivity index (χ1v) is 6.79. The van der Waals surface area contributed by atoms with Gasteiger partial charge in [-0.05, 0) is 31.5 Å². The predicted molar refractivity (Wildman–Crippen MR) is 73.1 cm³/mol. The van der Waals surface area contributed by atoms with Gasteiger partial charge in [0.2, 0.25) is 0 Å². The van der Waals surface area contributed by atoms with Crippen LogP contribution in [0.2, 0.25) is 0 Å². The number of hydrogen-bond donors (Lipinski definition) is 0. The molecule has 0 N–H and O–H groups in total. The van der Waals surface area contributed by atoms with E-state index in [1.165, 1.54) is 0 Å². The number of ether oxygens (including phenoxy) is 1. The van der Waals surface area contributed by atoms with Gasteiger partial charge in [-0.1, -0.05) is 0 Å². The Morgan fingerprint density at radius 3 is 3.20 bits per heavy atom. The molecule has 0 amide bonds. The number of aromatic nitrogens is 2. The molecule has 5 nitrogen and oxygen atoms in total. The molecular formula is C15H15N3O2. The molecule has 0 fully saturated rings. The molecule has 1 atom stereocenters. The number of hydrogen-bond acceptors (Lipinski definition) is 4. The van der Waals surface area contributed by atoms with Gasteiger partial charge >= 0.3 is 5.97 Å². The summed E-state index contributed by atoms with van der Waals surface area (Å²) in [5.41, 5.74) is 2.47. The lowest BCUT2D eigenvalue weighted by Gasteiger charge is -2.06. The third-order valence-corrected chi connectivity index (χ3v) is 3.69. The molecule has 0 saturated heterocycles. The molecular weight excluding hydrogens is 254 g/mol. The molecule has 1 unspecified atom stereocenters. The van der Waals surface area contributed by atoms with E-state index in [2.05, 4.69) is 15.6 Å². The van der Waals surface area contributed by atoms with Gasteiger partial charge < -0.3 is 9.30 Å². The fourth-order valence-electron chi connectivity index (χ4n) is 2.79. The highest BCUT2D eigenvalue weighted by Gasteiger charge is 2.28. The SMILES string of the molecule is CCOC(=O)CC1CCn2c1nc1cc(C#N)ccc12. The van der Waals surface area contributed by atoms with Crippen LogP contribution in [0.5, 0.6) is 0 Å². The molecule has 0 bridgehead atoms. The van der Waals surface area contributed by atoms with Crippen LogP contribution >= 0.6 is 0 Å². The summed E-state index contributed by atoms with van der Waals surface area (Å²) in [4.78, 5) is 16.2. The Kier molecular flexibility index (Phi) is 3.15. The van der Waals surface area contributed by atoms with E-state index in [1.54, 1.807) is 12.1 Å². The number of esters is 1. The van der Waals surface area contributed by atoms with Crippen LogP contribution in [0.4, 0.5) is 0 Å². The predicted octanol–water partition coefficient (Wildman–Crippen LogP) is 2.35. The standard InChI is InChI=1S/C15H15N3O2/c1-2-20-14(19)8-11-5-6-18-13-4-3-10(9-16)7-12(13)17-15(11)18/h3-4,7,11H,2,5-6,8H2,1H3. The Balaban J connectivity index is 1.93. The number of rotatable bonds is 3. The Labute approximate surface area is 116 Å². The van der Waals surface area contributed by atoms with Crippen LogP contribution < -0.4 is 0 Å². The molecule has 1 aliphatic heterocycles. The lowest BCUT2D eigenvalue weighted by molar-refractivity contribution is -0.143. The molecule has 0 saturated carbocycles. The van der Waals surface area contributed by atoms with Crippen LogP contribution in [-0.4, -0.2) is 22.1 Å². The van der Waals surface area contributed by atoms with E-state index in [0.717, 1.165) is 29.8 Å². The van der Waals surface area contributed by atoms with Crippen molar-refractivity contribution in [1.82, 2.24) is 9.55 Å². The third kappa shape index (κ3) is 2.03. The van der Waals surface area contributed by atoms with Crippen LogP contribution in [0, 0.1) is 11.3 Å². The minimum atomic E-state index is -0.171. The second kappa shape index (κ2) is 4.97. The van der Waals surface area contributed by atoms with Gasteiger partial charge in [0.15, 0.2) is 0 Å². The lowest BCUT2D eigenvalue weighted by Crippen LogP contribution is -2.09. The summed E-state index contributed by atoms with van der Waals surface area (Å²) in [5, 5.41) is 8.93. The number of benzene rings is 1. The first-order chi connectivity index (χ1) is 9.72. The zero-order valence-corrected chi connectivity index (χ0v) is 11.3. The summed E-state index contributed by atoms with van der Waals surface area (Å²) in [5.74, 6) is 0.880. The number of nitriles is 1. The summed E-state index contributed by atoms with van der Waals surface area (Å²) in [6.45, 7) is 3.08. The summed E-state index contributed by atoms with van der Waals surface area (Å²) in [7, 11) is 0. The highest BCUT2D eigenvalue weighted by atomic mass is 16.5. The highest BCUT2D eigenvalue weighted by molar-refractivity contribution is 5.78. The fourth-order valence-corrected chi connectivity index (χ4v) is 2.79. The van der Waals surface area contributed by atoms with Crippen molar-refractivity contribution < 1.29 is 9.53 Å². The minimum Gasteiger partial charge on any atom is -0.466 e. The van der Waals surface area contributed by atoms with Gasteiger partial charge in [0.1, 0.15) is 5.82 Å². The molecule has 2 aromatic rings. The van der Waals surface area contributed by atoms with E-state index < -0.39 is 0 Å². The maximum atomic E-state index is 11.6. The van der Waals surface area contributed by atoms with Gasteiger partial charge in [-0.2, -0.15) is 5.26 Å². The number of nitrogens with zero attached hydrogens (tertiary/aromatic N) is 3. The van der Waals surface area contributed by atoms with E-state index in [-0.39, 0.29) is 11.9 Å². The Bertz CT molecular complexity index is 712. The van der Waals surface area contributed by atoms with Crippen molar-refractivity contribution in [2.45, 2.75) is 32.2 Å². The topological polar surface area (TPSA) is 67.9 Å². The van der Waals surface area contributed by atoms with Crippen molar-refractivity contribution in [3.8, 4) is 6.07 Å². The van der Waals surface area contributed by atoms with Gasteiger partial charge in [-0.15, -0.1) is 0 Å². The van der Waals surface area contributed by atoms with E-state index in [1.807, 2.05) is 13.0 Å². The molecule has 102 valence electrons. The number of aryl methyl sites for hydroxylation is 1. The molecule has 0 radical (unpaired) electrons. The van der Waals surface area contributed by atoms with Crippen LogP contribution in [-0.2, 0) is 16.1 Å². The Morgan fingerprint density at radius 2 is 2.45 bits per heavy atom. The van der Waals surface area contributed by atoms with Crippen molar-refractivity contribution >= 4 is 17.0 Å². The molecule has 1 aliphatic rings. The van der Waals surface area contributed by atoms with Crippen molar-refractivity contribution in [3.63, 3.8) is 0 Å². The fraction of sp³-hybridized carbons (Fsp3) is 0.400. The maximum Gasteiger partial charge on any atom is 0.306 e. The zero-order chi connectivity index (χ0) is 14.1. The van der Waals surface area contributed by atoms with E-state index in [4.69, 9.17) is 10.00 Å². The summed E-state index contributed by atoms with van der Waals surface area (Å²) >= 11 is 0. The molecule has 0 spiro atoms. The van der Waals surface area contributed by atoms with Crippen LogP contribution in [0.25, 0.3) is 11.0 Å².